The van der Waals surface area contributed by atoms with Gasteiger partial charge >= 0.3 is 0 Å². The lowest BCUT2D eigenvalue weighted by molar-refractivity contribution is 0.564. The lowest BCUT2D eigenvalue weighted by Gasteiger charge is -2.19. The Kier molecular flexibility index (Phi) is 2.02. The van der Waals surface area contributed by atoms with E-state index in [2.05, 4.69) is 20.8 Å². The highest BCUT2D eigenvalue weighted by atomic mass is 16.1. The van der Waals surface area contributed by atoms with Crippen molar-refractivity contribution >= 4 is 0 Å². The molecular formula is C12H17NO. The molecule has 14 heavy (non-hydrogen) atoms. The minimum Gasteiger partial charge on any atom is -0.312 e. The molecule has 1 saturated carbocycles. The van der Waals surface area contributed by atoms with Crippen LogP contribution < -0.4 is 5.56 Å². The SMILES string of the molecule is CC(C)(C)c1cccn(C2CC2)c1=O. The van der Waals surface area contributed by atoms with Crippen LogP contribution in [0.3, 0.4) is 0 Å². The Bertz CT molecular complexity index is 394. The topological polar surface area (TPSA) is 22.0 Å². The van der Waals surface area contributed by atoms with Crippen molar-refractivity contribution in [2.45, 2.75) is 45.1 Å². The highest BCUT2D eigenvalue weighted by Crippen LogP contribution is 2.33. The van der Waals surface area contributed by atoms with Crippen molar-refractivity contribution in [3.63, 3.8) is 0 Å². The highest BCUT2D eigenvalue weighted by molar-refractivity contribution is 5.20. The van der Waals surface area contributed by atoms with Crippen LogP contribution in [-0.4, -0.2) is 4.57 Å². The lowest BCUT2D eigenvalue weighted by atomic mass is 9.88. The average molecular weight is 191 g/mol. The first-order valence-corrected chi connectivity index (χ1v) is 5.22. The molecule has 0 amide bonds. The van der Waals surface area contributed by atoms with Crippen LogP contribution in [0.15, 0.2) is 23.1 Å². The van der Waals surface area contributed by atoms with Gasteiger partial charge in [0.2, 0.25) is 0 Å². The van der Waals surface area contributed by atoms with Gasteiger partial charge in [-0.25, -0.2) is 0 Å². The fraction of sp³-hybridized carbons (Fsp3) is 0.583. The van der Waals surface area contributed by atoms with E-state index in [1.165, 1.54) is 0 Å². The number of hydrogen-bond acceptors (Lipinski definition) is 1. The summed E-state index contributed by atoms with van der Waals surface area (Å²) in [6, 6.07) is 4.41. The van der Waals surface area contributed by atoms with Crippen LogP contribution >= 0.6 is 0 Å². The van der Waals surface area contributed by atoms with E-state index in [9.17, 15) is 4.79 Å². The Hall–Kier alpha value is -1.05. The summed E-state index contributed by atoms with van der Waals surface area (Å²) in [5, 5.41) is 0. The Labute approximate surface area is 84.6 Å². The highest BCUT2D eigenvalue weighted by Gasteiger charge is 2.26. The molecule has 2 heteroatoms. The van der Waals surface area contributed by atoms with Crippen LogP contribution in [-0.2, 0) is 5.41 Å². The van der Waals surface area contributed by atoms with Gasteiger partial charge in [-0.2, -0.15) is 0 Å². The molecular weight excluding hydrogens is 174 g/mol. The first-order valence-electron chi connectivity index (χ1n) is 5.22. The van der Waals surface area contributed by atoms with Crippen molar-refractivity contribution in [2.24, 2.45) is 0 Å². The normalized spacial score (nSPS) is 17.1. The molecule has 0 aromatic carbocycles. The molecule has 1 heterocycles. The summed E-state index contributed by atoms with van der Waals surface area (Å²) in [6.07, 6.45) is 4.23. The van der Waals surface area contributed by atoms with E-state index in [0.29, 0.717) is 6.04 Å². The molecule has 0 aliphatic heterocycles. The molecule has 76 valence electrons. The summed E-state index contributed by atoms with van der Waals surface area (Å²) in [7, 11) is 0. The Morgan fingerprint density at radius 2 is 2.00 bits per heavy atom. The summed E-state index contributed by atoms with van der Waals surface area (Å²) in [4.78, 5) is 12.1. The largest absolute Gasteiger partial charge is 0.312 e. The van der Waals surface area contributed by atoms with Crippen LogP contribution in [0.25, 0.3) is 0 Å². The quantitative estimate of drug-likeness (QED) is 0.668. The van der Waals surface area contributed by atoms with E-state index in [1.807, 2.05) is 22.9 Å². The predicted octanol–water partition coefficient (Wildman–Crippen LogP) is 2.48. The van der Waals surface area contributed by atoms with E-state index >= 15 is 0 Å². The molecule has 1 aliphatic rings. The van der Waals surface area contributed by atoms with Crippen LogP contribution in [0.5, 0.6) is 0 Å². The van der Waals surface area contributed by atoms with Crippen LogP contribution in [0.1, 0.15) is 45.2 Å². The Morgan fingerprint density at radius 3 is 2.50 bits per heavy atom. The zero-order chi connectivity index (χ0) is 10.3. The van der Waals surface area contributed by atoms with Crippen molar-refractivity contribution < 1.29 is 0 Å². The maximum absolute atomic E-state index is 12.1. The molecule has 0 N–H and O–H groups in total. The third-order valence-electron chi connectivity index (χ3n) is 2.72. The third kappa shape index (κ3) is 1.61. The van der Waals surface area contributed by atoms with Gasteiger partial charge < -0.3 is 4.57 Å². The molecule has 0 radical (unpaired) electrons. The molecule has 1 aromatic rings. The fourth-order valence-electron chi connectivity index (χ4n) is 1.72. The van der Waals surface area contributed by atoms with Gasteiger partial charge in [0.25, 0.3) is 5.56 Å². The van der Waals surface area contributed by atoms with E-state index in [1.54, 1.807) is 0 Å². The molecule has 1 aliphatic carbocycles. The zero-order valence-electron chi connectivity index (χ0n) is 9.08. The molecule has 1 aromatic heterocycles. The molecule has 2 rings (SSSR count). The number of aromatic nitrogens is 1. The second-order valence-corrected chi connectivity index (χ2v) is 5.12. The van der Waals surface area contributed by atoms with Crippen LogP contribution in [0.4, 0.5) is 0 Å². The van der Waals surface area contributed by atoms with Gasteiger partial charge in [0, 0.05) is 17.8 Å². The van der Waals surface area contributed by atoms with Gasteiger partial charge in [0.15, 0.2) is 0 Å². The van der Waals surface area contributed by atoms with E-state index in [4.69, 9.17) is 0 Å². The first kappa shape index (κ1) is 9.50. The molecule has 0 bridgehead atoms. The van der Waals surface area contributed by atoms with Crippen LogP contribution in [0, 0.1) is 0 Å². The van der Waals surface area contributed by atoms with Crippen molar-refractivity contribution in [1.82, 2.24) is 4.57 Å². The van der Waals surface area contributed by atoms with E-state index < -0.39 is 0 Å². The molecule has 0 saturated heterocycles. The maximum Gasteiger partial charge on any atom is 0.254 e. The van der Waals surface area contributed by atoms with E-state index in [-0.39, 0.29) is 11.0 Å². The van der Waals surface area contributed by atoms with Crippen molar-refractivity contribution in [2.75, 3.05) is 0 Å². The molecule has 0 unspecified atom stereocenters. The van der Waals surface area contributed by atoms with Crippen molar-refractivity contribution in [3.8, 4) is 0 Å². The summed E-state index contributed by atoms with van der Waals surface area (Å²) in [5.74, 6) is 0. The second-order valence-electron chi connectivity index (χ2n) is 5.12. The van der Waals surface area contributed by atoms with Crippen molar-refractivity contribution in [1.29, 1.82) is 0 Å². The molecule has 1 fully saturated rings. The standard InChI is InChI=1S/C12H17NO/c1-12(2,3)10-5-4-8-13(11(10)14)9-6-7-9/h4-5,8-9H,6-7H2,1-3H3. The van der Waals surface area contributed by atoms with Gasteiger partial charge in [-0.1, -0.05) is 26.8 Å². The van der Waals surface area contributed by atoms with Crippen LogP contribution in [0.2, 0.25) is 0 Å². The smallest absolute Gasteiger partial charge is 0.254 e. The lowest BCUT2D eigenvalue weighted by Crippen LogP contribution is -2.29. The number of hydrogen-bond donors (Lipinski definition) is 0. The van der Waals surface area contributed by atoms with Gasteiger partial charge in [-0.15, -0.1) is 0 Å². The summed E-state index contributed by atoms with van der Waals surface area (Å²) >= 11 is 0. The Morgan fingerprint density at radius 1 is 1.36 bits per heavy atom. The van der Waals surface area contributed by atoms with Gasteiger partial charge in [0.05, 0.1) is 0 Å². The molecule has 2 nitrogen and oxygen atoms in total. The summed E-state index contributed by atoms with van der Waals surface area (Å²) in [5.41, 5.74) is 1.07. The minimum atomic E-state index is -0.0466. The van der Waals surface area contributed by atoms with Gasteiger partial charge in [-0.3, -0.25) is 4.79 Å². The summed E-state index contributed by atoms with van der Waals surface area (Å²) < 4.78 is 1.89. The average Bonchev–Trinajstić information content (AvgIpc) is 2.85. The van der Waals surface area contributed by atoms with E-state index in [0.717, 1.165) is 18.4 Å². The first-order chi connectivity index (χ1) is 6.50. The summed E-state index contributed by atoms with van der Waals surface area (Å²) in [6.45, 7) is 6.25. The van der Waals surface area contributed by atoms with Gasteiger partial charge in [0.1, 0.15) is 0 Å². The predicted molar refractivity (Wildman–Crippen MR) is 57.7 cm³/mol. The van der Waals surface area contributed by atoms with Crippen molar-refractivity contribution in [3.05, 3.63) is 34.2 Å². The van der Waals surface area contributed by atoms with Gasteiger partial charge in [-0.05, 0) is 24.3 Å². The third-order valence-corrected chi connectivity index (χ3v) is 2.72. The Balaban J connectivity index is 2.52. The number of nitrogens with zero attached hydrogens (tertiary/aromatic N) is 1. The monoisotopic (exact) mass is 191 g/mol. The minimum absolute atomic E-state index is 0.0466. The number of pyridine rings is 1. The molecule has 0 atom stereocenters. The second kappa shape index (κ2) is 2.97. The zero-order valence-corrected chi connectivity index (χ0v) is 9.08. The number of rotatable bonds is 1. The maximum atomic E-state index is 12.1. The molecule has 0 spiro atoms. The fourth-order valence-corrected chi connectivity index (χ4v) is 1.72.